The van der Waals surface area contributed by atoms with Gasteiger partial charge in [0.15, 0.2) is 0 Å². The zero-order valence-corrected chi connectivity index (χ0v) is 18.7. The summed E-state index contributed by atoms with van der Waals surface area (Å²) in [5, 5.41) is 15.6. The molecule has 1 fully saturated rings. The molecule has 160 valence electrons. The molecule has 5 rings (SSSR count). The second kappa shape index (κ2) is 7.21. The molecule has 5 nitrogen and oxygen atoms in total. The van der Waals surface area contributed by atoms with Crippen LogP contribution in [0, 0.1) is 5.92 Å². The summed E-state index contributed by atoms with van der Waals surface area (Å²) in [5.74, 6) is 0.308. The van der Waals surface area contributed by atoms with Gasteiger partial charge in [-0.15, -0.1) is 0 Å². The minimum absolute atomic E-state index is 0.0390. The predicted octanol–water partition coefficient (Wildman–Crippen LogP) is 4.91. The molecule has 1 aliphatic carbocycles. The average Bonchev–Trinajstić information content (AvgIpc) is 3.36. The zero-order chi connectivity index (χ0) is 21.9. The van der Waals surface area contributed by atoms with E-state index in [2.05, 4.69) is 5.10 Å². The van der Waals surface area contributed by atoms with E-state index in [0.717, 1.165) is 40.7 Å². The Morgan fingerprint density at radius 3 is 2.35 bits per heavy atom. The number of benzene rings is 2. The molecule has 0 bridgehead atoms. The number of halogens is 1. The molecule has 1 aromatic heterocycles. The quantitative estimate of drug-likeness (QED) is 0.619. The van der Waals surface area contributed by atoms with Crippen LogP contribution in [0.15, 0.2) is 48.8 Å². The van der Waals surface area contributed by atoms with Crippen molar-refractivity contribution in [3.05, 3.63) is 64.9 Å². The predicted molar refractivity (Wildman–Crippen MR) is 122 cm³/mol. The molecule has 0 radical (unpaired) electrons. The van der Waals surface area contributed by atoms with Gasteiger partial charge in [0.25, 0.3) is 5.91 Å². The van der Waals surface area contributed by atoms with Crippen molar-refractivity contribution in [2.24, 2.45) is 13.0 Å². The summed E-state index contributed by atoms with van der Waals surface area (Å²) >= 11 is 6.53. The third kappa shape index (κ3) is 3.56. The van der Waals surface area contributed by atoms with E-state index in [1.807, 2.05) is 60.7 Å². The van der Waals surface area contributed by atoms with Crippen LogP contribution in [-0.4, -0.2) is 37.3 Å². The highest BCUT2D eigenvalue weighted by atomic mass is 35.5. The highest BCUT2D eigenvalue weighted by Crippen LogP contribution is 2.45. The molecule has 31 heavy (non-hydrogen) atoms. The molecule has 0 spiro atoms. The Morgan fingerprint density at radius 2 is 1.77 bits per heavy atom. The van der Waals surface area contributed by atoms with Crippen molar-refractivity contribution in [1.29, 1.82) is 0 Å². The largest absolute Gasteiger partial charge is 0.388 e. The number of fused-ring (bicyclic) bond motifs is 1. The van der Waals surface area contributed by atoms with Crippen LogP contribution in [-0.2, 0) is 13.6 Å². The van der Waals surface area contributed by atoms with E-state index in [-0.39, 0.29) is 11.9 Å². The number of amides is 1. The molecule has 0 unspecified atom stereocenters. The van der Waals surface area contributed by atoms with Crippen LogP contribution in [0.3, 0.4) is 0 Å². The molecule has 1 amide bonds. The summed E-state index contributed by atoms with van der Waals surface area (Å²) in [4.78, 5) is 15.4. The van der Waals surface area contributed by atoms with Crippen molar-refractivity contribution in [3.63, 3.8) is 0 Å². The minimum atomic E-state index is -0.961. The summed E-state index contributed by atoms with van der Waals surface area (Å²) in [6.45, 7) is 4.04. The number of carbonyl (C=O) groups excluding carboxylic acids is 1. The Morgan fingerprint density at radius 1 is 1.10 bits per heavy atom. The van der Waals surface area contributed by atoms with Gasteiger partial charge in [-0.05, 0) is 55.4 Å². The first kappa shape index (κ1) is 20.3. The highest BCUT2D eigenvalue weighted by molar-refractivity contribution is 6.32. The van der Waals surface area contributed by atoms with Crippen molar-refractivity contribution < 1.29 is 9.90 Å². The van der Waals surface area contributed by atoms with Crippen LogP contribution in [0.5, 0.6) is 0 Å². The van der Waals surface area contributed by atoms with Gasteiger partial charge in [0, 0.05) is 35.9 Å². The van der Waals surface area contributed by atoms with Crippen LogP contribution in [0.25, 0.3) is 22.3 Å². The van der Waals surface area contributed by atoms with Crippen LogP contribution >= 0.6 is 11.6 Å². The first-order valence-electron chi connectivity index (χ1n) is 10.7. The van der Waals surface area contributed by atoms with Crippen molar-refractivity contribution in [2.45, 2.75) is 44.9 Å². The van der Waals surface area contributed by atoms with Crippen LogP contribution < -0.4 is 0 Å². The standard InChI is InChI=1S/C25H26ClN3O2/c1-25(2,31)23(17-8-9-17)29-14-20-21(26)11-10-19(22(20)24(29)30)16-6-4-15(5-7-16)18-12-27-28(3)13-18/h4-7,10-13,17,23,31H,8-9,14H2,1-3H3/t23-/m1/s1. The van der Waals surface area contributed by atoms with Gasteiger partial charge in [-0.3, -0.25) is 9.48 Å². The molecular weight excluding hydrogens is 410 g/mol. The molecule has 0 saturated heterocycles. The van der Waals surface area contributed by atoms with E-state index < -0.39 is 5.60 Å². The maximum absolute atomic E-state index is 13.6. The summed E-state index contributed by atoms with van der Waals surface area (Å²) < 4.78 is 1.78. The monoisotopic (exact) mass is 435 g/mol. The summed E-state index contributed by atoms with van der Waals surface area (Å²) in [5.41, 5.74) is 4.54. The Balaban J connectivity index is 1.53. The van der Waals surface area contributed by atoms with Gasteiger partial charge in [0.2, 0.25) is 0 Å². The van der Waals surface area contributed by atoms with Gasteiger partial charge < -0.3 is 10.0 Å². The lowest BCUT2D eigenvalue weighted by Gasteiger charge is -2.37. The van der Waals surface area contributed by atoms with E-state index in [9.17, 15) is 9.90 Å². The Bertz CT molecular complexity index is 1160. The number of rotatable bonds is 5. The number of hydrogen-bond acceptors (Lipinski definition) is 3. The lowest BCUT2D eigenvalue weighted by atomic mass is 9.92. The Kier molecular flexibility index (Phi) is 4.72. The molecule has 1 N–H and O–H groups in total. The van der Waals surface area contributed by atoms with E-state index in [1.54, 1.807) is 18.5 Å². The number of aryl methyl sites for hydroxylation is 1. The van der Waals surface area contributed by atoms with Gasteiger partial charge in [0.05, 0.1) is 23.4 Å². The van der Waals surface area contributed by atoms with Crippen LogP contribution in [0.4, 0.5) is 0 Å². The van der Waals surface area contributed by atoms with E-state index in [4.69, 9.17) is 11.6 Å². The molecule has 1 saturated carbocycles. The number of aliphatic hydroxyl groups is 1. The normalized spacial score (nSPS) is 17.2. The van der Waals surface area contributed by atoms with Crippen LogP contribution in [0.1, 0.15) is 42.6 Å². The summed E-state index contributed by atoms with van der Waals surface area (Å²) in [6, 6.07) is 11.8. The lowest BCUT2D eigenvalue weighted by Crippen LogP contribution is -2.51. The van der Waals surface area contributed by atoms with Gasteiger partial charge >= 0.3 is 0 Å². The van der Waals surface area contributed by atoms with Crippen molar-refractivity contribution >= 4 is 17.5 Å². The van der Waals surface area contributed by atoms with E-state index in [1.165, 1.54) is 0 Å². The summed E-state index contributed by atoms with van der Waals surface area (Å²) in [7, 11) is 1.90. The van der Waals surface area contributed by atoms with Gasteiger partial charge in [-0.25, -0.2) is 0 Å². The highest BCUT2D eigenvalue weighted by Gasteiger charge is 2.48. The molecule has 1 atom stereocenters. The molecule has 2 aromatic carbocycles. The number of carbonyl (C=O) groups is 1. The first-order chi connectivity index (χ1) is 14.7. The fourth-order valence-electron chi connectivity index (χ4n) is 4.91. The Hall–Kier alpha value is -2.63. The Labute approximate surface area is 187 Å². The third-order valence-corrected chi connectivity index (χ3v) is 6.78. The van der Waals surface area contributed by atoms with Gasteiger partial charge in [-0.1, -0.05) is 41.9 Å². The first-order valence-corrected chi connectivity index (χ1v) is 11.1. The van der Waals surface area contributed by atoms with E-state index >= 15 is 0 Å². The molecule has 6 heteroatoms. The van der Waals surface area contributed by atoms with Gasteiger partial charge in [-0.2, -0.15) is 5.10 Å². The van der Waals surface area contributed by atoms with Crippen molar-refractivity contribution in [3.8, 4) is 22.3 Å². The van der Waals surface area contributed by atoms with Crippen molar-refractivity contribution in [1.82, 2.24) is 14.7 Å². The number of aromatic nitrogens is 2. The third-order valence-electron chi connectivity index (χ3n) is 6.42. The molecule has 2 heterocycles. The zero-order valence-electron chi connectivity index (χ0n) is 18.0. The number of hydrogen-bond donors (Lipinski definition) is 1. The summed E-state index contributed by atoms with van der Waals surface area (Å²) in [6.07, 6.45) is 5.91. The van der Waals surface area contributed by atoms with Crippen LogP contribution in [0.2, 0.25) is 5.02 Å². The lowest BCUT2D eigenvalue weighted by molar-refractivity contribution is -0.0223. The molecule has 2 aliphatic rings. The smallest absolute Gasteiger partial charge is 0.255 e. The number of nitrogens with zero attached hydrogens (tertiary/aromatic N) is 3. The van der Waals surface area contributed by atoms with E-state index in [0.29, 0.717) is 23.0 Å². The topological polar surface area (TPSA) is 58.4 Å². The molecule has 3 aromatic rings. The van der Waals surface area contributed by atoms with Crippen molar-refractivity contribution in [2.75, 3.05) is 0 Å². The maximum Gasteiger partial charge on any atom is 0.255 e. The second-order valence-electron chi connectivity index (χ2n) is 9.30. The fraction of sp³-hybridized carbons (Fsp3) is 0.360. The average molecular weight is 436 g/mol. The minimum Gasteiger partial charge on any atom is -0.388 e. The fourth-order valence-corrected chi connectivity index (χ4v) is 5.13. The maximum atomic E-state index is 13.6. The SMILES string of the molecule is Cn1cc(-c2ccc(-c3ccc(Cl)c4c3C(=O)N([C@H](C3CC3)C(C)(C)O)C4)cc2)cn1. The molecular formula is C25H26ClN3O2. The molecule has 1 aliphatic heterocycles. The second-order valence-corrected chi connectivity index (χ2v) is 9.70. The van der Waals surface area contributed by atoms with Gasteiger partial charge in [0.1, 0.15) is 0 Å².